The maximum Gasteiger partial charge on any atom is 0.166 e. The van der Waals surface area contributed by atoms with Crippen molar-refractivity contribution >= 4 is 5.78 Å². The van der Waals surface area contributed by atoms with Gasteiger partial charge in [-0.1, -0.05) is 6.92 Å². The third-order valence-corrected chi connectivity index (χ3v) is 2.12. The van der Waals surface area contributed by atoms with E-state index in [0.717, 1.165) is 5.56 Å². The molecule has 0 atom stereocenters. The van der Waals surface area contributed by atoms with Gasteiger partial charge in [0.25, 0.3) is 0 Å². The lowest BCUT2D eigenvalue weighted by molar-refractivity contribution is 0.0985. The van der Waals surface area contributed by atoms with Crippen LogP contribution in [0.2, 0.25) is 0 Å². The number of rotatable bonds is 3. The van der Waals surface area contributed by atoms with Gasteiger partial charge in [-0.2, -0.15) is 0 Å². The van der Waals surface area contributed by atoms with Gasteiger partial charge in [0.15, 0.2) is 5.78 Å². The number of Topliss-reactive ketones (excluding diaryl/α,β-unsaturated/α-hetero) is 1. The van der Waals surface area contributed by atoms with Gasteiger partial charge in [0, 0.05) is 12.5 Å². The van der Waals surface area contributed by atoms with E-state index in [1.165, 1.54) is 13.2 Å². The van der Waals surface area contributed by atoms with Gasteiger partial charge in [-0.15, -0.1) is 0 Å². The fraction of sp³-hybridized carbons (Fsp3) is 0.364. The van der Waals surface area contributed by atoms with E-state index >= 15 is 0 Å². The van der Waals surface area contributed by atoms with Gasteiger partial charge in [0.1, 0.15) is 11.5 Å². The maximum absolute atomic E-state index is 11.5. The van der Waals surface area contributed by atoms with Crippen LogP contribution in [0.15, 0.2) is 12.1 Å². The lowest BCUT2D eigenvalue weighted by Gasteiger charge is -2.08. The van der Waals surface area contributed by atoms with E-state index in [9.17, 15) is 9.90 Å². The van der Waals surface area contributed by atoms with E-state index in [4.69, 9.17) is 4.74 Å². The molecule has 0 fully saturated rings. The molecule has 1 aromatic carbocycles. The Morgan fingerprint density at radius 3 is 2.57 bits per heavy atom. The number of phenols is 1. The van der Waals surface area contributed by atoms with Gasteiger partial charge in [-0.3, -0.25) is 4.79 Å². The molecule has 0 amide bonds. The summed E-state index contributed by atoms with van der Waals surface area (Å²) in [5, 5.41) is 9.60. The second kappa shape index (κ2) is 4.13. The van der Waals surface area contributed by atoms with E-state index in [0.29, 0.717) is 17.7 Å². The molecule has 1 aromatic rings. The first kappa shape index (κ1) is 10.6. The van der Waals surface area contributed by atoms with Crippen LogP contribution in [0.4, 0.5) is 0 Å². The molecule has 0 saturated carbocycles. The molecule has 0 spiro atoms. The predicted molar refractivity (Wildman–Crippen MR) is 54.0 cm³/mol. The largest absolute Gasteiger partial charge is 0.507 e. The van der Waals surface area contributed by atoms with E-state index in [1.54, 1.807) is 19.9 Å². The Bertz CT molecular complexity index is 333. The summed E-state index contributed by atoms with van der Waals surface area (Å²) < 4.78 is 4.97. The third kappa shape index (κ3) is 1.87. The van der Waals surface area contributed by atoms with Crippen molar-refractivity contribution in [3.63, 3.8) is 0 Å². The molecule has 0 radical (unpaired) electrons. The SMILES string of the molecule is CCC(=O)c1c(C)cc(OC)cc1O. The normalized spacial score (nSPS) is 9.93. The first-order chi connectivity index (χ1) is 6.60. The first-order valence-electron chi connectivity index (χ1n) is 4.51. The molecule has 0 aliphatic rings. The average molecular weight is 194 g/mol. The quantitative estimate of drug-likeness (QED) is 0.751. The number of aromatic hydroxyl groups is 1. The second-order valence-corrected chi connectivity index (χ2v) is 3.12. The molecule has 0 unspecified atom stereocenters. The predicted octanol–water partition coefficient (Wildman–Crippen LogP) is 2.30. The highest BCUT2D eigenvalue weighted by Crippen LogP contribution is 2.28. The van der Waals surface area contributed by atoms with E-state index < -0.39 is 0 Å². The zero-order valence-electron chi connectivity index (χ0n) is 8.63. The Hall–Kier alpha value is -1.51. The van der Waals surface area contributed by atoms with Crippen LogP contribution in [-0.2, 0) is 0 Å². The molecule has 0 aromatic heterocycles. The van der Waals surface area contributed by atoms with Crippen LogP contribution in [0.1, 0.15) is 29.3 Å². The number of phenolic OH excluding ortho intramolecular Hbond substituents is 1. The van der Waals surface area contributed by atoms with Crippen LogP contribution in [0.5, 0.6) is 11.5 Å². The number of carbonyl (C=O) groups is 1. The Balaban J connectivity index is 3.25. The summed E-state index contributed by atoms with van der Waals surface area (Å²) in [6.07, 6.45) is 0.390. The van der Waals surface area contributed by atoms with Crippen molar-refractivity contribution in [3.8, 4) is 11.5 Å². The van der Waals surface area contributed by atoms with Crippen LogP contribution >= 0.6 is 0 Å². The van der Waals surface area contributed by atoms with Crippen molar-refractivity contribution in [2.75, 3.05) is 7.11 Å². The lowest BCUT2D eigenvalue weighted by atomic mass is 10.0. The number of carbonyl (C=O) groups excluding carboxylic acids is 1. The van der Waals surface area contributed by atoms with Crippen molar-refractivity contribution < 1.29 is 14.6 Å². The Morgan fingerprint density at radius 1 is 1.50 bits per heavy atom. The second-order valence-electron chi connectivity index (χ2n) is 3.12. The van der Waals surface area contributed by atoms with Crippen LogP contribution < -0.4 is 4.74 Å². The van der Waals surface area contributed by atoms with Crippen LogP contribution in [0.3, 0.4) is 0 Å². The van der Waals surface area contributed by atoms with Gasteiger partial charge in [0.2, 0.25) is 0 Å². The summed E-state index contributed by atoms with van der Waals surface area (Å²) in [5.41, 5.74) is 1.14. The number of hydrogen-bond donors (Lipinski definition) is 1. The maximum atomic E-state index is 11.5. The van der Waals surface area contributed by atoms with E-state index in [2.05, 4.69) is 0 Å². The van der Waals surface area contributed by atoms with Gasteiger partial charge in [-0.05, 0) is 18.6 Å². The minimum absolute atomic E-state index is 0.00583. The van der Waals surface area contributed by atoms with Gasteiger partial charge in [-0.25, -0.2) is 0 Å². The van der Waals surface area contributed by atoms with Crippen LogP contribution in [0, 0.1) is 6.92 Å². The van der Waals surface area contributed by atoms with Crippen molar-refractivity contribution in [3.05, 3.63) is 23.3 Å². The molecular formula is C11H14O3. The van der Waals surface area contributed by atoms with Gasteiger partial charge < -0.3 is 9.84 Å². The van der Waals surface area contributed by atoms with Gasteiger partial charge in [0.05, 0.1) is 12.7 Å². The Labute approximate surface area is 83.3 Å². The molecule has 1 rings (SSSR count). The summed E-state index contributed by atoms with van der Waals surface area (Å²) in [4.78, 5) is 11.5. The van der Waals surface area contributed by atoms with Crippen molar-refractivity contribution in [2.45, 2.75) is 20.3 Å². The minimum Gasteiger partial charge on any atom is -0.507 e. The summed E-state index contributed by atoms with van der Waals surface area (Å²) in [6.45, 7) is 3.55. The van der Waals surface area contributed by atoms with E-state index in [1.807, 2.05) is 0 Å². The Kier molecular flexibility index (Phi) is 3.12. The molecule has 3 heteroatoms. The average Bonchev–Trinajstić information content (AvgIpc) is 2.16. The smallest absolute Gasteiger partial charge is 0.166 e. The van der Waals surface area contributed by atoms with Crippen LogP contribution in [-0.4, -0.2) is 18.0 Å². The molecule has 14 heavy (non-hydrogen) atoms. The molecule has 0 aliphatic heterocycles. The highest BCUT2D eigenvalue weighted by atomic mass is 16.5. The van der Waals surface area contributed by atoms with Crippen molar-refractivity contribution in [1.29, 1.82) is 0 Å². The summed E-state index contributed by atoms with van der Waals surface area (Å²) in [6, 6.07) is 3.19. The fourth-order valence-corrected chi connectivity index (χ4v) is 1.39. The lowest BCUT2D eigenvalue weighted by Crippen LogP contribution is -2.00. The fourth-order valence-electron chi connectivity index (χ4n) is 1.39. The van der Waals surface area contributed by atoms with Crippen molar-refractivity contribution in [1.82, 2.24) is 0 Å². The summed E-state index contributed by atoms with van der Waals surface area (Å²) >= 11 is 0. The first-order valence-corrected chi connectivity index (χ1v) is 4.51. The number of aryl methyl sites for hydroxylation is 1. The number of ketones is 1. The Morgan fingerprint density at radius 2 is 2.14 bits per heavy atom. The topological polar surface area (TPSA) is 46.5 Å². The minimum atomic E-state index is -0.0531. The van der Waals surface area contributed by atoms with E-state index in [-0.39, 0.29) is 11.5 Å². The number of methoxy groups -OCH3 is 1. The van der Waals surface area contributed by atoms with Gasteiger partial charge >= 0.3 is 0 Å². The van der Waals surface area contributed by atoms with Crippen LogP contribution in [0.25, 0.3) is 0 Å². The molecule has 0 heterocycles. The number of hydrogen-bond acceptors (Lipinski definition) is 3. The summed E-state index contributed by atoms with van der Waals surface area (Å²) in [5.74, 6) is 0.504. The highest BCUT2D eigenvalue weighted by Gasteiger charge is 2.13. The highest BCUT2D eigenvalue weighted by molar-refractivity contribution is 5.99. The summed E-state index contributed by atoms with van der Waals surface area (Å²) in [7, 11) is 1.52. The molecule has 76 valence electrons. The molecule has 1 N–H and O–H groups in total. The van der Waals surface area contributed by atoms with Crippen molar-refractivity contribution in [2.24, 2.45) is 0 Å². The number of ether oxygens (including phenoxy) is 1. The monoisotopic (exact) mass is 194 g/mol. The third-order valence-electron chi connectivity index (χ3n) is 2.12. The zero-order valence-corrected chi connectivity index (χ0v) is 8.63. The zero-order chi connectivity index (χ0) is 10.7. The molecule has 3 nitrogen and oxygen atoms in total. The number of benzene rings is 1. The molecule has 0 bridgehead atoms. The molecular weight excluding hydrogens is 180 g/mol. The molecule has 0 saturated heterocycles. The molecule has 0 aliphatic carbocycles. The standard InChI is InChI=1S/C11H14O3/c1-4-9(12)11-7(2)5-8(14-3)6-10(11)13/h5-6,13H,4H2,1-3H3.